The maximum atomic E-state index is 13.0. The molecule has 0 aliphatic heterocycles. The fourth-order valence-corrected chi connectivity index (χ4v) is 3.97. The number of rotatable bonds is 4. The molecule has 3 rings (SSSR count). The van der Waals surface area contributed by atoms with Crippen LogP contribution in [0, 0.1) is 5.82 Å². The largest absolute Gasteiger partial charge is 0.351 e. The molecule has 0 saturated heterocycles. The standard InChI is InChI=1S/C19H25FN2O2/c1-13(23)22-19(9-3-2-4-10-19)18(24)21-17-11-15(12-17)14-5-7-16(20)8-6-14/h5-8,15,17H,2-4,9-12H2,1H3,(H,21,24)(H,22,23). The molecule has 2 fully saturated rings. The first-order valence-corrected chi connectivity index (χ1v) is 8.84. The highest BCUT2D eigenvalue weighted by molar-refractivity contribution is 5.91. The predicted octanol–water partition coefficient (Wildman–Crippen LogP) is 3.03. The molecule has 130 valence electrons. The van der Waals surface area contributed by atoms with Gasteiger partial charge in [-0.25, -0.2) is 4.39 Å². The number of halogens is 1. The van der Waals surface area contributed by atoms with Crippen molar-refractivity contribution in [1.82, 2.24) is 10.6 Å². The summed E-state index contributed by atoms with van der Waals surface area (Å²) >= 11 is 0. The number of carbonyl (C=O) groups is 2. The van der Waals surface area contributed by atoms with E-state index in [1.165, 1.54) is 19.1 Å². The number of amides is 2. The fraction of sp³-hybridized carbons (Fsp3) is 0.579. The number of carbonyl (C=O) groups excluding carboxylic acids is 2. The zero-order chi connectivity index (χ0) is 17.2. The van der Waals surface area contributed by atoms with Crippen LogP contribution in [0.15, 0.2) is 24.3 Å². The zero-order valence-corrected chi connectivity index (χ0v) is 14.1. The minimum atomic E-state index is -0.731. The Bertz CT molecular complexity index is 602. The van der Waals surface area contributed by atoms with Gasteiger partial charge >= 0.3 is 0 Å². The third-order valence-electron chi connectivity index (χ3n) is 5.37. The van der Waals surface area contributed by atoms with Crippen molar-refractivity contribution in [2.45, 2.75) is 69.4 Å². The van der Waals surface area contributed by atoms with E-state index in [0.717, 1.165) is 37.7 Å². The minimum Gasteiger partial charge on any atom is -0.351 e. The van der Waals surface area contributed by atoms with Gasteiger partial charge in [-0.3, -0.25) is 9.59 Å². The van der Waals surface area contributed by atoms with E-state index in [-0.39, 0.29) is 23.7 Å². The number of nitrogens with one attached hydrogen (secondary N) is 2. The lowest BCUT2D eigenvalue weighted by Gasteiger charge is -2.41. The van der Waals surface area contributed by atoms with Gasteiger partial charge in [0.15, 0.2) is 0 Å². The number of benzene rings is 1. The van der Waals surface area contributed by atoms with Crippen molar-refractivity contribution >= 4 is 11.8 Å². The quantitative estimate of drug-likeness (QED) is 0.890. The Morgan fingerprint density at radius 2 is 1.71 bits per heavy atom. The van der Waals surface area contributed by atoms with Crippen molar-refractivity contribution in [2.24, 2.45) is 0 Å². The van der Waals surface area contributed by atoms with Crippen LogP contribution in [-0.2, 0) is 9.59 Å². The second kappa shape index (κ2) is 6.91. The second-order valence-corrected chi connectivity index (χ2v) is 7.21. The van der Waals surface area contributed by atoms with E-state index < -0.39 is 5.54 Å². The van der Waals surface area contributed by atoms with E-state index in [0.29, 0.717) is 18.8 Å². The molecule has 0 aromatic heterocycles. The lowest BCUT2D eigenvalue weighted by Crippen LogP contribution is -2.61. The highest BCUT2D eigenvalue weighted by atomic mass is 19.1. The molecule has 0 radical (unpaired) electrons. The van der Waals surface area contributed by atoms with Crippen LogP contribution in [0.4, 0.5) is 4.39 Å². The molecule has 0 spiro atoms. The Kier molecular flexibility index (Phi) is 4.88. The SMILES string of the molecule is CC(=O)NC1(C(=O)NC2CC(c3ccc(F)cc3)C2)CCCCC1. The van der Waals surface area contributed by atoms with Crippen molar-refractivity contribution < 1.29 is 14.0 Å². The Labute approximate surface area is 142 Å². The maximum Gasteiger partial charge on any atom is 0.245 e. The van der Waals surface area contributed by atoms with Crippen molar-refractivity contribution in [3.8, 4) is 0 Å². The molecule has 2 aliphatic rings. The first kappa shape index (κ1) is 16.9. The molecule has 0 heterocycles. The van der Waals surface area contributed by atoms with Crippen LogP contribution in [0.3, 0.4) is 0 Å². The Morgan fingerprint density at radius 1 is 1.08 bits per heavy atom. The summed E-state index contributed by atoms with van der Waals surface area (Å²) in [6.45, 7) is 1.47. The van der Waals surface area contributed by atoms with E-state index in [2.05, 4.69) is 10.6 Å². The average Bonchev–Trinajstić information content (AvgIpc) is 2.51. The summed E-state index contributed by atoms with van der Waals surface area (Å²) in [6, 6.07) is 6.74. The molecule has 5 heteroatoms. The Morgan fingerprint density at radius 3 is 2.29 bits per heavy atom. The molecule has 2 amide bonds. The van der Waals surface area contributed by atoms with Crippen LogP contribution in [0.2, 0.25) is 0 Å². The third-order valence-corrected chi connectivity index (χ3v) is 5.37. The molecule has 1 aromatic carbocycles. The topological polar surface area (TPSA) is 58.2 Å². The molecular formula is C19H25FN2O2. The molecule has 2 saturated carbocycles. The van der Waals surface area contributed by atoms with Crippen molar-refractivity contribution in [1.29, 1.82) is 0 Å². The molecule has 1 aromatic rings. The molecule has 0 unspecified atom stereocenters. The van der Waals surface area contributed by atoms with Gasteiger partial charge in [-0.1, -0.05) is 31.4 Å². The lowest BCUT2D eigenvalue weighted by molar-refractivity contribution is -0.135. The summed E-state index contributed by atoms with van der Waals surface area (Å²) in [4.78, 5) is 24.3. The van der Waals surface area contributed by atoms with Gasteiger partial charge in [0.05, 0.1) is 0 Å². The molecule has 4 nitrogen and oxygen atoms in total. The lowest BCUT2D eigenvalue weighted by atomic mass is 9.74. The number of hydrogen-bond acceptors (Lipinski definition) is 2. The van der Waals surface area contributed by atoms with E-state index in [1.54, 1.807) is 0 Å². The molecular weight excluding hydrogens is 307 g/mol. The van der Waals surface area contributed by atoms with Crippen LogP contribution in [-0.4, -0.2) is 23.4 Å². The average molecular weight is 332 g/mol. The normalized spacial score (nSPS) is 25.4. The van der Waals surface area contributed by atoms with Crippen LogP contribution < -0.4 is 10.6 Å². The first-order chi connectivity index (χ1) is 11.5. The maximum absolute atomic E-state index is 13.0. The monoisotopic (exact) mass is 332 g/mol. The molecule has 24 heavy (non-hydrogen) atoms. The zero-order valence-electron chi connectivity index (χ0n) is 14.1. The molecule has 2 N–H and O–H groups in total. The van der Waals surface area contributed by atoms with Gasteiger partial charge in [0.2, 0.25) is 11.8 Å². The number of hydrogen-bond donors (Lipinski definition) is 2. The molecule has 0 bridgehead atoms. The van der Waals surface area contributed by atoms with Crippen LogP contribution in [0.25, 0.3) is 0 Å². The Hall–Kier alpha value is -1.91. The summed E-state index contributed by atoms with van der Waals surface area (Å²) in [7, 11) is 0. The van der Waals surface area contributed by atoms with Crippen LogP contribution >= 0.6 is 0 Å². The van der Waals surface area contributed by atoms with Gasteiger partial charge in [0.1, 0.15) is 11.4 Å². The fourth-order valence-electron chi connectivity index (χ4n) is 3.97. The van der Waals surface area contributed by atoms with Gasteiger partial charge in [-0.2, -0.15) is 0 Å². The minimum absolute atomic E-state index is 0.0417. The van der Waals surface area contributed by atoms with Crippen LogP contribution in [0.1, 0.15) is 63.4 Å². The van der Waals surface area contributed by atoms with Gasteiger partial charge in [0, 0.05) is 13.0 Å². The van der Waals surface area contributed by atoms with E-state index in [1.807, 2.05) is 12.1 Å². The summed E-state index contributed by atoms with van der Waals surface area (Å²) in [5.74, 6) is -0.0405. The highest BCUT2D eigenvalue weighted by Gasteiger charge is 2.42. The molecule has 0 atom stereocenters. The van der Waals surface area contributed by atoms with Gasteiger partial charge in [-0.05, 0) is 49.3 Å². The molecule has 2 aliphatic carbocycles. The summed E-state index contributed by atoms with van der Waals surface area (Å²) in [5.41, 5.74) is 0.390. The van der Waals surface area contributed by atoms with E-state index in [9.17, 15) is 14.0 Å². The summed E-state index contributed by atoms with van der Waals surface area (Å²) < 4.78 is 13.0. The van der Waals surface area contributed by atoms with Gasteiger partial charge in [0.25, 0.3) is 0 Å². The van der Waals surface area contributed by atoms with Crippen molar-refractivity contribution in [3.05, 3.63) is 35.6 Å². The predicted molar refractivity (Wildman–Crippen MR) is 89.9 cm³/mol. The summed E-state index contributed by atoms with van der Waals surface area (Å²) in [6.07, 6.45) is 6.22. The Balaban J connectivity index is 1.56. The van der Waals surface area contributed by atoms with Gasteiger partial charge in [-0.15, -0.1) is 0 Å². The van der Waals surface area contributed by atoms with Crippen molar-refractivity contribution in [2.75, 3.05) is 0 Å². The van der Waals surface area contributed by atoms with Crippen molar-refractivity contribution in [3.63, 3.8) is 0 Å². The first-order valence-electron chi connectivity index (χ1n) is 8.84. The van der Waals surface area contributed by atoms with E-state index in [4.69, 9.17) is 0 Å². The highest BCUT2D eigenvalue weighted by Crippen LogP contribution is 2.37. The summed E-state index contributed by atoms with van der Waals surface area (Å²) in [5, 5.41) is 6.02. The second-order valence-electron chi connectivity index (χ2n) is 7.21. The third kappa shape index (κ3) is 3.60. The van der Waals surface area contributed by atoms with Crippen LogP contribution in [0.5, 0.6) is 0 Å². The smallest absolute Gasteiger partial charge is 0.245 e. The van der Waals surface area contributed by atoms with Gasteiger partial charge < -0.3 is 10.6 Å². The van der Waals surface area contributed by atoms with E-state index >= 15 is 0 Å².